The summed E-state index contributed by atoms with van der Waals surface area (Å²) in [7, 11) is -3.14. The molecule has 3 aromatic rings. The fourth-order valence-corrected chi connectivity index (χ4v) is 3.80. The third kappa shape index (κ3) is 4.04. The predicted molar refractivity (Wildman–Crippen MR) is 94.9 cm³/mol. The second-order valence-electron chi connectivity index (χ2n) is 5.29. The molecule has 0 unspecified atom stereocenters. The number of aromatic nitrogens is 2. The van der Waals surface area contributed by atoms with Crippen molar-refractivity contribution in [3.8, 4) is 11.8 Å². The van der Waals surface area contributed by atoms with Gasteiger partial charge in [-0.25, -0.2) is 12.8 Å². The van der Waals surface area contributed by atoms with Gasteiger partial charge in [-0.3, -0.25) is 9.71 Å². The number of hydrogen-bond acceptors (Lipinski definition) is 6. The zero-order valence-corrected chi connectivity index (χ0v) is 15.6. The smallest absolute Gasteiger partial charge is 0.388 e. The molecule has 1 N–H and O–H groups in total. The molecular weight excluding hydrogens is 423 g/mol. The molecule has 0 saturated carbocycles. The average molecular weight is 434 g/mol. The van der Waals surface area contributed by atoms with Crippen LogP contribution >= 0.6 is 11.6 Å². The summed E-state index contributed by atoms with van der Waals surface area (Å²) in [5, 5.41) is 0.634. The lowest BCUT2D eigenvalue weighted by molar-refractivity contribution is -0.0555. The van der Waals surface area contributed by atoms with Crippen LogP contribution in [0.2, 0.25) is 5.02 Å². The van der Waals surface area contributed by atoms with E-state index in [2.05, 4.69) is 19.4 Å². The highest BCUT2D eigenvalue weighted by Gasteiger charge is 2.23. The van der Waals surface area contributed by atoms with Gasteiger partial charge in [-0.1, -0.05) is 11.6 Å². The minimum Gasteiger partial charge on any atom is -0.479 e. The van der Waals surface area contributed by atoms with Crippen LogP contribution in [-0.4, -0.2) is 32.1 Å². The fourth-order valence-electron chi connectivity index (χ4n) is 2.38. The van der Waals surface area contributed by atoms with Crippen molar-refractivity contribution >= 4 is 38.2 Å². The minimum absolute atomic E-state index is 0.162. The normalized spacial score (nSPS) is 11.6. The van der Waals surface area contributed by atoms with Gasteiger partial charge in [-0.05, 0) is 24.3 Å². The van der Waals surface area contributed by atoms with Crippen LogP contribution in [-0.2, 0) is 10.0 Å². The van der Waals surface area contributed by atoms with Crippen molar-refractivity contribution in [3.63, 3.8) is 0 Å². The van der Waals surface area contributed by atoms with E-state index in [9.17, 15) is 21.6 Å². The van der Waals surface area contributed by atoms with Crippen molar-refractivity contribution in [1.29, 1.82) is 0 Å². The summed E-state index contributed by atoms with van der Waals surface area (Å²) in [4.78, 5) is 7.31. The van der Waals surface area contributed by atoms with Gasteiger partial charge < -0.3 is 9.47 Å². The second-order valence-corrected chi connectivity index (χ2v) is 7.37. The first kappa shape index (κ1) is 20.0. The van der Waals surface area contributed by atoms with Crippen LogP contribution in [0.25, 0.3) is 10.9 Å². The zero-order valence-electron chi connectivity index (χ0n) is 14.0. The molecule has 1 aromatic carbocycles. The maximum Gasteiger partial charge on any atom is 0.388 e. The molecule has 3 rings (SSSR count). The fraction of sp³-hybridized carbons (Fsp3) is 0.125. The van der Waals surface area contributed by atoms with Crippen LogP contribution in [0.4, 0.5) is 18.9 Å². The predicted octanol–water partition coefficient (Wildman–Crippen LogP) is 3.83. The van der Waals surface area contributed by atoms with Gasteiger partial charge in [0.1, 0.15) is 5.69 Å². The number of nitrogens with one attached hydrogen (secondary N) is 1. The van der Waals surface area contributed by atoms with Gasteiger partial charge in [0, 0.05) is 22.7 Å². The maximum atomic E-state index is 14.0. The first-order valence-corrected chi connectivity index (χ1v) is 9.34. The molecule has 0 saturated heterocycles. The Bertz CT molecular complexity index is 1150. The van der Waals surface area contributed by atoms with Crippen molar-refractivity contribution in [2.24, 2.45) is 0 Å². The first-order valence-electron chi connectivity index (χ1n) is 7.47. The quantitative estimate of drug-likeness (QED) is 0.635. The number of hydrogen-bond donors (Lipinski definition) is 1. The highest BCUT2D eigenvalue weighted by atomic mass is 35.5. The number of alkyl halides is 2. The molecule has 0 fully saturated rings. The van der Waals surface area contributed by atoms with E-state index in [4.69, 9.17) is 16.3 Å². The molecule has 0 aliphatic carbocycles. The van der Waals surface area contributed by atoms with Crippen LogP contribution in [0.5, 0.6) is 11.8 Å². The number of ether oxygens (including phenoxy) is 2. The molecule has 0 aliphatic rings. The summed E-state index contributed by atoms with van der Waals surface area (Å²) < 4.78 is 75.1. The summed E-state index contributed by atoms with van der Waals surface area (Å²) in [6, 6.07) is 6.30. The van der Waals surface area contributed by atoms with Crippen LogP contribution in [0.15, 0.2) is 41.4 Å². The molecule has 0 aliphatic heterocycles. The van der Waals surface area contributed by atoms with Gasteiger partial charge in [0.15, 0.2) is 5.82 Å². The van der Waals surface area contributed by atoms with Crippen LogP contribution in [0.3, 0.4) is 0 Å². The number of fused-ring (bicyclic) bond motifs is 1. The van der Waals surface area contributed by atoms with Gasteiger partial charge in [0.25, 0.3) is 15.9 Å². The number of benzene rings is 1. The first-order chi connectivity index (χ1) is 13.2. The number of anilines is 1. The van der Waals surface area contributed by atoms with E-state index < -0.39 is 39.9 Å². The summed E-state index contributed by atoms with van der Waals surface area (Å²) in [6.07, 6.45) is 1.27. The molecule has 0 amide bonds. The van der Waals surface area contributed by atoms with Crippen LogP contribution in [0, 0.1) is 5.82 Å². The lowest BCUT2D eigenvalue weighted by atomic mass is 10.2. The second kappa shape index (κ2) is 7.68. The molecule has 2 aromatic heterocycles. The van der Waals surface area contributed by atoms with Crippen molar-refractivity contribution in [3.05, 3.63) is 47.4 Å². The van der Waals surface area contributed by atoms with Gasteiger partial charge in [-0.2, -0.15) is 13.8 Å². The number of nitrogens with zero attached hydrogens (tertiary/aromatic N) is 2. The molecule has 0 atom stereocenters. The monoisotopic (exact) mass is 433 g/mol. The van der Waals surface area contributed by atoms with Crippen molar-refractivity contribution < 1.29 is 31.1 Å². The van der Waals surface area contributed by atoms with E-state index in [-0.39, 0.29) is 10.3 Å². The molecular formula is C16H11ClF3N3O4S. The Hall–Kier alpha value is -2.79. The Morgan fingerprint density at radius 1 is 1.18 bits per heavy atom. The third-order valence-electron chi connectivity index (χ3n) is 3.50. The van der Waals surface area contributed by atoms with E-state index in [1.165, 1.54) is 30.5 Å². The molecule has 148 valence electrons. The van der Waals surface area contributed by atoms with Gasteiger partial charge >= 0.3 is 6.61 Å². The topological polar surface area (TPSA) is 90.4 Å². The maximum absolute atomic E-state index is 14.0. The van der Waals surface area contributed by atoms with Crippen LogP contribution in [0.1, 0.15) is 0 Å². The van der Waals surface area contributed by atoms with Crippen molar-refractivity contribution in [2.45, 2.75) is 11.5 Å². The standard InChI is InChI=1S/C16H11ClF3N3O4S/c1-26-15-12(7-10(18)14(22-15)27-16(19)20)23-28(24,25)13-4-5-21-11-6-8(17)2-3-9(11)13/h2-7,16,23H,1H3. The van der Waals surface area contributed by atoms with E-state index in [1.54, 1.807) is 0 Å². The Morgan fingerprint density at radius 2 is 1.93 bits per heavy atom. The average Bonchev–Trinajstić information content (AvgIpc) is 2.62. The summed E-state index contributed by atoms with van der Waals surface area (Å²) in [6.45, 7) is -3.32. The van der Waals surface area contributed by atoms with Crippen molar-refractivity contribution in [2.75, 3.05) is 11.8 Å². The molecule has 2 heterocycles. The summed E-state index contributed by atoms with van der Waals surface area (Å²) >= 11 is 5.89. The van der Waals surface area contributed by atoms with E-state index in [0.717, 1.165) is 7.11 Å². The summed E-state index contributed by atoms with van der Waals surface area (Å²) in [5.74, 6) is -2.79. The third-order valence-corrected chi connectivity index (χ3v) is 5.16. The SMILES string of the molecule is COc1nc(OC(F)F)c(F)cc1NS(=O)(=O)c1ccnc2cc(Cl)ccc12. The van der Waals surface area contributed by atoms with E-state index >= 15 is 0 Å². The number of pyridine rings is 2. The Labute approximate surface area is 162 Å². The molecule has 0 bridgehead atoms. The Kier molecular flexibility index (Phi) is 5.47. The number of methoxy groups -OCH3 is 1. The lowest BCUT2D eigenvalue weighted by Crippen LogP contribution is -2.15. The Balaban J connectivity index is 2.05. The van der Waals surface area contributed by atoms with Gasteiger partial charge in [-0.15, -0.1) is 0 Å². The van der Waals surface area contributed by atoms with Crippen molar-refractivity contribution in [1.82, 2.24) is 9.97 Å². The minimum atomic E-state index is -4.25. The van der Waals surface area contributed by atoms with Crippen LogP contribution < -0.4 is 14.2 Å². The Morgan fingerprint density at radius 3 is 2.61 bits per heavy atom. The molecule has 7 nitrogen and oxygen atoms in total. The molecule has 28 heavy (non-hydrogen) atoms. The molecule has 0 spiro atoms. The van der Waals surface area contributed by atoms with E-state index in [1.807, 2.05) is 0 Å². The highest BCUT2D eigenvalue weighted by Crippen LogP contribution is 2.32. The molecule has 12 heteroatoms. The number of rotatable bonds is 6. The van der Waals surface area contributed by atoms with Gasteiger partial charge in [0.2, 0.25) is 5.88 Å². The van der Waals surface area contributed by atoms with Gasteiger partial charge in [0.05, 0.1) is 17.5 Å². The number of halogens is 4. The zero-order chi connectivity index (χ0) is 20.5. The molecule has 0 radical (unpaired) electrons. The number of sulfonamides is 1. The highest BCUT2D eigenvalue weighted by molar-refractivity contribution is 7.93. The lowest BCUT2D eigenvalue weighted by Gasteiger charge is -2.14. The largest absolute Gasteiger partial charge is 0.479 e. The van der Waals surface area contributed by atoms with E-state index in [0.29, 0.717) is 16.6 Å². The summed E-state index contributed by atoms with van der Waals surface area (Å²) in [5.41, 5.74) is -0.0760.